The van der Waals surface area contributed by atoms with Crippen molar-refractivity contribution in [1.82, 2.24) is 5.32 Å². The normalized spacial score (nSPS) is 12.8. The summed E-state index contributed by atoms with van der Waals surface area (Å²) in [6.45, 7) is 0. The Balaban J connectivity index is 2.73. The van der Waals surface area contributed by atoms with Gasteiger partial charge in [-0.05, 0) is 17.7 Å². The Bertz CT molecular complexity index is 508. The van der Waals surface area contributed by atoms with Gasteiger partial charge < -0.3 is 11.1 Å². The molecule has 21 heavy (non-hydrogen) atoms. The molecule has 0 heterocycles. The zero-order valence-electron chi connectivity index (χ0n) is 10.6. The largest absolute Gasteiger partial charge is 0.412 e. The van der Waals surface area contributed by atoms with E-state index in [0.717, 1.165) is 11.8 Å². The number of rotatable bonds is 6. The summed E-state index contributed by atoms with van der Waals surface area (Å²) in [7, 11) is 0. The van der Waals surface area contributed by atoms with Crippen molar-refractivity contribution in [1.29, 1.82) is 0 Å². The minimum absolute atomic E-state index is 0.125. The highest BCUT2D eigenvalue weighted by molar-refractivity contribution is 8.00. The molecule has 0 aliphatic heterocycles. The van der Waals surface area contributed by atoms with Crippen molar-refractivity contribution in [3.05, 3.63) is 34.9 Å². The van der Waals surface area contributed by atoms with Crippen LogP contribution in [0.3, 0.4) is 0 Å². The first kappa shape index (κ1) is 17.6. The molecule has 0 aliphatic carbocycles. The lowest BCUT2D eigenvalue weighted by atomic mass is 10.1. The van der Waals surface area contributed by atoms with Crippen molar-refractivity contribution < 1.29 is 22.8 Å². The Labute approximate surface area is 128 Å². The molecule has 1 rings (SSSR count). The third-order valence-corrected chi connectivity index (χ3v) is 3.52. The van der Waals surface area contributed by atoms with E-state index in [1.807, 2.05) is 5.32 Å². The Morgan fingerprint density at radius 3 is 2.29 bits per heavy atom. The Morgan fingerprint density at radius 2 is 1.81 bits per heavy atom. The second-order valence-electron chi connectivity index (χ2n) is 4.05. The first-order chi connectivity index (χ1) is 9.70. The molecule has 1 aromatic rings. The number of halogens is 4. The molecular formula is C12H12ClF3N2O2S. The maximum absolute atomic E-state index is 13.0. The van der Waals surface area contributed by atoms with Gasteiger partial charge in [0.25, 0.3) is 0 Å². The van der Waals surface area contributed by atoms with Crippen LogP contribution in [0.2, 0.25) is 5.02 Å². The van der Waals surface area contributed by atoms with Gasteiger partial charge in [-0.1, -0.05) is 23.7 Å². The zero-order chi connectivity index (χ0) is 16.0. The molecule has 0 radical (unpaired) electrons. The summed E-state index contributed by atoms with van der Waals surface area (Å²) < 4.78 is 39.0. The van der Waals surface area contributed by atoms with Crippen molar-refractivity contribution in [2.45, 2.75) is 12.2 Å². The highest BCUT2D eigenvalue weighted by Gasteiger charge is 2.41. The number of nitrogens with two attached hydrogens (primary N) is 1. The van der Waals surface area contributed by atoms with Crippen molar-refractivity contribution in [2.24, 2.45) is 5.73 Å². The number of carbonyl (C=O) groups excluding carboxylic acids is 2. The average molecular weight is 341 g/mol. The molecule has 0 aliphatic rings. The van der Waals surface area contributed by atoms with E-state index in [1.165, 1.54) is 24.3 Å². The molecule has 0 fully saturated rings. The predicted molar refractivity (Wildman–Crippen MR) is 74.9 cm³/mol. The number of primary amides is 1. The summed E-state index contributed by atoms with van der Waals surface area (Å²) in [5, 5.41) is 2.18. The summed E-state index contributed by atoms with van der Waals surface area (Å²) >= 11 is 6.46. The molecule has 9 heteroatoms. The number of carbonyl (C=O) groups is 2. The number of amides is 2. The fraction of sp³-hybridized carbons (Fsp3) is 0.333. The van der Waals surface area contributed by atoms with Gasteiger partial charge in [0, 0.05) is 5.02 Å². The highest BCUT2D eigenvalue weighted by atomic mass is 35.5. The van der Waals surface area contributed by atoms with Crippen LogP contribution in [-0.4, -0.2) is 29.5 Å². The average Bonchev–Trinajstić information content (AvgIpc) is 2.35. The van der Waals surface area contributed by atoms with Crippen molar-refractivity contribution in [3.63, 3.8) is 0 Å². The van der Waals surface area contributed by atoms with Crippen molar-refractivity contribution in [2.75, 3.05) is 11.5 Å². The van der Waals surface area contributed by atoms with E-state index >= 15 is 0 Å². The maximum atomic E-state index is 13.0. The number of alkyl halides is 3. The van der Waals surface area contributed by atoms with Gasteiger partial charge >= 0.3 is 6.18 Å². The third-order valence-electron chi connectivity index (χ3n) is 2.31. The molecule has 0 saturated heterocycles. The van der Waals surface area contributed by atoms with Gasteiger partial charge in [-0.15, -0.1) is 11.8 Å². The van der Waals surface area contributed by atoms with E-state index in [2.05, 4.69) is 0 Å². The summed E-state index contributed by atoms with van der Waals surface area (Å²) in [4.78, 5) is 22.0. The van der Waals surface area contributed by atoms with Gasteiger partial charge in [-0.2, -0.15) is 13.2 Å². The second-order valence-corrected chi connectivity index (χ2v) is 5.47. The molecule has 4 nitrogen and oxygen atoms in total. The molecule has 0 spiro atoms. The van der Waals surface area contributed by atoms with Gasteiger partial charge in [-0.25, -0.2) is 0 Å². The minimum atomic E-state index is -4.64. The number of benzene rings is 1. The summed E-state index contributed by atoms with van der Waals surface area (Å²) in [5.74, 6) is -1.90. The SMILES string of the molecule is NC(=O)CSCC(=O)N[C@H](c1ccc(Cl)cc1)C(F)(F)F. The Morgan fingerprint density at radius 1 is 1.24 bits per heavy atom. The fourth-order valence-electron chi connectivity index (χ4n) is 1.46. The lowest BCUT2D eigenvalue weighted by Crippen LogP contribution is -2.39. The van der Waals surface area contributed by atoms with Crippen LogP contribution in [0.4, 0.5) is 13.2 Å². The van der Waals surface area contributed by atoms with Crippen LogP contribution in [0.15, 0.2) is 24.3 Å². The van der Waals surface area contributed by atoms with Crippen LogP contribution in [0, 0.1) is 0 Å². The highest BCUT2D eigenvalue weighted by Crippen LogP contribution is 2.33. The smallest absolute Gasteiger partial charge is 0.369 e. The summed E-state index contributed by atoms with van der Waals surface area (Å²) in [5.41, 5.74) is 4.75. The van der Waals surface area contributed by atoms with E-state index in [-0.39, 0.29) is 17.1 Å². The molecule has 0 aromatic heterocycles. The van der Waals surface area contributed by atoms with Gasteiger partial charge in [0.15, 0.2) is 6.04 Å². The second kappa shape index (κ2) is 7.56. The summed E-state index contributed by atoms with van der Waals surface area (Å²) in [6, 6.07) is 2.87. The zero-order valence-corrected chi connectivity index (χ0v) is 12.2. The van der Waals surface area contributed by atoms with Crippen LogP contribution < -0.4 is 11.1 Å². The lowest BCUT2D eigenvalue weighted by Gasteiger charge is -2.22. The molecule has 0 saturated carbocycles. The predicted octanol–water partition coefficient (Wildman–Crippen LogP) is 2.28. The minimum Gasteiger partial charge on any atom is -0.369 e. The van der Waals surface area contributed by atoms with Gasteiger partial charge in [0.05, 0.1) is 11.5 Å². The standard InChI is InChI=1S/C12H12ClF3N2O2S/c13-8-3-1-7(2-4-8)11(12(14,15)16)18-10(20)6-21-5-9(17)19/h1-4,11H,5-6H2,(H2,17,19)(H,18,20)/t11-/m1/s1. The summed E-state index contributed by atoms with van der Waals surface area (Å²) in [6.07, 6.45) is -4.64. The molecule has 116 valence electrons. The van der Waals surface area contributed by atoms with Gasteiger partial charge in [0.1, 0.15) is 0 Å². The quantitative estimate of drug-likeness (QED) is 0.834. The maximum Gasteiger partial charge on any atom is 0.412 e. The number of thioether (sulfide) groups is 1. The van der Waals surface area contributed by atoms with E-state index in [4.69, 9.17) is 17.3 Å². The molecule has 0 bridgehead atoms. The lowest BCUT2D eigenvalue weighted by molar-refractivity contribution is -0.162. The van der Waals surface area contributed by atoms with Crippen LogP contribution in [0.1, 0.15) is 11.6 Å². The first-order valence-corrected chi connectivity index (χ1v) is 7.21. The fourth-order valence-corrected chi connectivity index (χ4v) is 2.15. The third kappa shape index (κ3) is 6.26. The van der Waals surface area contributed by atoms with Gasteiger partial charge in [-0.3, -0.25) is 9.59 Å². The van der Waals surface area contributed by atoms with E-state index in [0.29, 0.717) is 5.02 Å². The van der Waals surface area contributed by atoms with Gasteiger partial charge in [0.2, 0.25) is 11.8 Å². The van der Waals surface area contributed by atoms with Crippen LogP contribution in [0.25, 0.3) is 0 Å². The first-order valence-electron chi connectivity index (χ1n) is 5.67. The van der Waals surface area contributed by atoms with Crippen molar-refractivity contribution in [3.8, 4) is 0 Å². The van der Waals surface area contributed by atoms with Crippen molar-refractivity contribution >= 4 is 35.2 Å². The van der Waals surface area contributed by atoms with E-state index in [9.17, 15) is 22.8 Å². The number of hydrogen-bond acceptors (Lipinski definition) is 3. The Hall–Kier alpha value is -1.41. The molecule has 1 aromatic carbocycles. The number of nitrogens with one attached hydrogen (secondary N) is 1. The molecule has 3 N–H and O–H groups in total. The molecular weight excluding hydrogens is 329 g/mol. The molecule has 1 atom stereocenters. The van der Waals surface area contributed by atoms with Crippen LogP contribution in [-0.2, 0) is 9.59 Å². The van der Waals surface area contributed by atoms with E-state index in [1.54, 1.807) is 0 Å². The van der Waals surface area contributed by atoms with Crippen LogP contribution in [0.5, 0.6) is 0 Å². The van der Waals surface area contributed by atoms with Crippen LogP contribution >= 0.6 is 23.4 Å². The molecule has 0 unspecified atom stereocenters. The van der Waals surface area contributed by atoms with E-state index < -0.39 is 24.0 Å². The monoisotopic (exact) mass is 340 g/mol. The Kier molecular flexibility index (Phi) is 6.35. The topological polar surface area (TPSA) is 72.2 Å². The number of hydrogen-bond donors (Lipinski definition) is 2. The molecule has 2 amide bonds.